The molecule has 0 aliphatic rings. The molecule has 0 saturated heterocycles. The van der Waals surface area contributed by atoms with Crippen molar-refractivity contribution < 1.29 is 0 Å². The van der Waals surface area contributed by atoms with Gasteiger partial charge in [-0.25, -0.2) is 0 Å². The van der Waals surface area contributed by atoms with Crippen LogP contribution in [0, 0.1) is 6.92 Å². The number of hydrogen-bond donors (Lipinski definition) is 2. The lowest BCUT2D eigenvalue weighted by Gasteiger charge is -2.23. The van der Waals surface area contributed by atoms with E-state index in [9.17, 15) is 0 Å². The highest BCUT2D eigenvalue weighted by atomic mass is 14.9. The molecule has 1 atom stereocenters. The Bertz CT molecular complexity index is 389. The van der Waals surface area contributed by atoms with Crippen LogP contribution in [0.2, 0.25) is 0 Å². The zero-order chi connectivity index (χ0) is 13.9. The van der Waals surface area contributed by atoms with Crippen molar-refractivity contribution in [3.05, 3.63) is 34.9 Å². The van der Waals surface area contributed by atoms with Crippen molar-refractivity contribution in [2.45, 2.75) is 59.0 Å². The largest absolute Gasteiger partial charge is 0.323 e. The Kier molecular flexibility index (Phi) is 4.94. The van der Waals surface area contributed by atoms with Gasteiger partial charge in [0.15, 0.2) is 0 Å². The number of hydrogen-bond acceptors (Lipinski definition) is 2. The van der Waals surface area contributed by atoms with Crippen molar-refractivity contribution in [1.82, 2.24) is 5.32 Å². The van der Waals surface area contributed by atoms with Crippen LogP contribution >= 0.6 is 0 Å². The van der Waals surface area contributed by atoms with Gasteiger partial charge in [-0.3, -0.25) is 0 Å². The third kappa shape index (κ3) is 4.11. The number of rotatable bonds is 4. The summed E-state index contributed by atoms with van der Waals surface area (Å²) in [6.45, 7) is 14.0. The van der Waals surface area contributed by atoms with E-state index in [0.29, 0.717) is 6.04 Å². The minimum Gasteiger partial charge on any atom is -0.323 e. The van der Waals surface area contributed by atoms with Crippen molar-refractivity contribution in [1.29, 1.82) is 0 Å². The highest BCUT2D eigenvalue weighted by molar-refractivity contribution is 5.36. The van der Waals surface area contributed by atoms with Crippen molar-refractivity contribution >= 4 is 0 Å². The molecule has 0 aromatic heterocycles. The van der Waals surface area contributed by atoms with Crippen LogP contribution in [0.15, 0.2) is 18.2 Å². The lowest BCUT2D eigenvalue weighted by Crippen LogP contribution is -2.32. The molecule has 0 saturated carbocycles. The molecule has 1 aromatic rings. The average Bonchev–Trinajstić information content (AvgIpc) is 2.24. The predicted molar refractivity (Wildman–Crippen MR) is 79.9 cm³/mol. The van der Waals surface area contributed by atoms with Crippen LogP contribution in [0.5, 0.6) is 0 Å². The van der Waals surface area contributed by atoms with Crippen molar-refractivity contribution in [2.75, 3.05) is 6.54 Å². The van der Waals surface area contributed by atoms with E-state index in [1.54, 1.807) is 0 Å². The first-order valence-corrected chi connectivity index (χ1v) is 6.82. The highest BCUT2D eigenvalue weighted by Gasteiger charge is 2.17. The molecule has 0 heterocycles. The van der Waals surface area contributed by atoms with E-state index in [0.717, 1.165) is 6.54 Å². The second-order valence-corrected chi connectivity index (χ2v) is 6.49. The molecule has 0 aliphatic heterocycles. The van der Waals surface area contributed by atoms with Gasteiger partial charge in [0.25, 0.3) is 0 Å². The second-order valence-electron chi connectivity index (χ2n) is 6.49. The van der Waals surface area contributed by atoms with E-state index in [-0.39, 0.29) is 11.5 Å². The standard InChI is InChI=1S/C16H28N2/c1-11(2)18-10-15(17)14-9-13(16(4,5)6)8-7-12(14)3/h7-9,11,15,18H,10,17H2,1-6H3. The monoisotopic (exact) mass is 248 g/mol. The molecule has 1 aromatic carbocycles. The van der Waals surface area contributed by atoms with E-state index in [4.69, 9.17) is 5.73 Å². The Labute approximate surface area is 112 Å². The zero-order valence-corrected chi connectivity index (χ0v) is 12.7. The number of benzene rings is 1. The van der Waals surface area contributed by atoms with E-state index >= 15 is 0 Å². The first kappa shape index (κ1) is 15.2. The van der Waals surface area contributed by atoms with Crippen LogP contribution in [0.3, 0.4) is 0 Å². The van der Waals surface area contributed by atoms with Gasteiger partial charge in [0.05, 0.1) is 0 Å². The maximum absolute atomic E-state index is 6.29. The van der Waals surface area contributed by atoms with E-state index in [1.165, 1.54) is 16.7 Å². The van der Waals surface area contributed by atoms with Gasteiger partial charge in [0.1, 0.15) is 0 Å². The molecular weight excluding hydrogens is 220 g/mol. The summed E-state index contributed by atoms with van der Waals surface area (Å²) in [6, 6.07) is 7.20. The molecule has 0 radical (unpaired) electrons. The Morgan fingerprint density at radius 2 is 1.83 bits per heavy atom. The predicted octanol–water partition coefficient (Wildman–Crippen LogP) is 3.29. The second kappa shape index (κ2) is 5.85. The fourth-order valence-corrected chi connectivity index (χ4v) is 1.98. The van der Waals surface area contributed by atoms with Crippen LogP contribution in [0.1, 0.15) is 57.4 Å². The van der Waals surface area contributed by atoms with Gasteiger partial charge in [0.2, 0.25) is 0 Å². The minimum atomic E-state index is 0.0645. The van der Waals surface area contributed by atoms with Crippen LogP contribution in [0.25, 0.3) is 0 Å². The first-order valence-electron chi connectivity index (χ1n) is 6.82. The van der Waals surface area contributed by atoms with Crippen LogP contribution in [-0.2, 0) is 5.41 Å². The number of nitrogens with two attached hydrogens (primary N) is 1. The Hall–Kier alpha value is -0.860. The lowest BCUT2D eigenvalue weighted by molar-refractivity contribution is 0.534. The quantitative estimate of drug-likeness (QED) is 0.858. The Morgan fingerprint density at radius 1 is 1.22 bits per heavy atom. The Morgan fingerprint density at radius 3 is 2.33 bits per heavy atom. The van der Waals surface area contributed by atoms with Crippen LogP contribution < -0.4 is 11.1 Å². The maximum Gasteiger partial charge on any atom is 0.0424 e. The van der Waals surface area contributed by atoms with Gasteiger partial charge in [0, 0.05) is 18.6 Å². The van der Waals surface area contributed by atoms with Crippen molar-refractivity contribution in [2.24, 2.45) is 5.73 Å². The smallest absolute Gasteiger partial charge is 0.0424 e. The summed E-state index contributed by atoms with van der Waals surface area (Å²) in [7, 11) is 0. The summed E-state index contributed by atoms with van der Waals surface area (Å²) in [6.07, 6.45) is 0. The summed E-state index contributed by atoms with van der Waals surface area (Å²) in [5.74, 6) is 0. The molecule has 3 N–H and O–H groups in total. The molecule has 1 rings (SSSR count). The molecule has 0 spiro atoms. The fourth-order valence-electron chi connectivity index (χ4n) is 1.98. The molecular formula is C16H28N2. The molecule has 0 aliphatic carbocycles. The molecule has 2 nitrogen and oxygen atoms in total. The van der Waals surface area contributed by atoms with Gasteiger partial charge in [-0.1, -0.05) is 52.8 Å². The third-order valence-electron chi connectivity index (χ3n) is 3.29. The number of aryl methyl sites for hydroxylation is 1. The summed E-state index contributed by atoms with van der Waals surface area (Å²) in [5, 5.41) is 3.40. The highest BCUT2D eigenvalue weighted by Crippen LogP contribution is 2.26. The topological polar surface area (TPSA) is 38.0 Å². The lowest BCUT2D eigenvalue weighted by atomic mass is 9.84. The summed E-state index contributed by atoms with van der Waals surface area (Å²) < 4.78 is 0. The SMILES string of the molecule is Cc1ccc(C(C)(C)C)cc1C(N)CNC(C)C. The van der Waals surface area contributed by atoms with Gasteiger partial charge in [-0.15, -0.1) is 0 Å². The summed E-state index contributed by atoms with van der Waals surface area (Å²) in [4.78, 5) is 0. The van der Waals surface area contributed by atoms with Crippen molar-refractivity contribution in [3.8, 4) is 0 Å². The molecule has 1 unspecified atom stereocenters. The molecule has 0 amide bonds. The molecule has 102 valence electrons. The molecule has 2 heteroatoms. The van der Waals surface area contributed by atoms with Gasteiger partial charge < -0.3 is 11.1 Å². The minimum absolute atomic E-state index is 0.0645. The van der Waals surface area contributed by atoms with Crippen LogP contribution in [0.4, 0.5) is 0 Å². The summed E-state index contributed by atoms with van der Waals surface area (Å²) >= 11 is 0. The van der Waals surface area contributed by atoms with E-state index < -0.39 is 0 Å². The summed E-state index contributed by atoms with van der Waals surface area (Å²) in [5.41, 5.74) is 10.4. The van der Waals surface area contributed by atoms with E-state index in [2.05, 4.69) is 65.1 Å². The first-order chi connectivity index (χ1) is 8.21. The van der Waals surface area contributed by atoms with Gasteiger partial charge in [-0.05, 0) is 29.0 Å². The Balaban J connectivity index is 2.93. The van der Waals surface area contributed by atoms with Gasteiger partial charge in [-0.2, -0.15) is 0 Å². The van der Waals surface area contributed by atoms with Crippen molar-refractivity contribution in [3.63, 3.8) is 0 Å². The molecule has 0 bridgehead atoms. The maximum atomic E-state index is 6.29. The molecule has 0 fully saturated rings. The number of nitrogens with one attached hydrogen (secondary N) is 1. The zero-order valence-electron chi connectivity index (χ0n) is 12.7. The average molecular weight is 248 g/mol. The molecule has 18 heavy (non-hydrogen) atoms. The third-order valence-corrected chi connectivity index (χ3v) is 3.29. The normalized spacial score (nSPS) is 14.0. The van der Waals surface area contributed by atoms with Gasteiger partial charge >= 0.3 is 0 Å². The fraction of sp³-hybridized carbons (Fsp3) is 0.625. The van der Waals surface area contributed by atoms with E-state index in [1.807, 2.05) is 0 Å². The van der Waals surface area contributed by atoms with Crippen LogP contribution in [-0.4, -0.2) is 12.6 Å².